The van der Waals surface area contributed by atoms with Crippen LogP contribution in [0, 0.1) is 0 Å². The monoisotopic (exact) mass is 867 g/mol. The summed E-state index contributed by atoms with van der Waals surface area (Å²) in [5.74, 6) is 0. The molecule has 11 aromatic rings. The third-order valence-corrected chi connectivity index (χ3v) is 24.3. The molecule has 1 aliphatic heterocycles. The number of hydrogen-bond acceptors (Lipinski definition) is 3. The number of fused-ring (bicyclic) bond motifs is 6. The van der Waals surface area contributed by atoms with Crippen molar-refractivity contribution in [2.24, 2.45) is 0 Å². The highest BCUT2D eigenvalue weighted by atomic mass is 32.2. The second kappa shape index (κ2) is 15.8. The molecule has 0 saturated carbocycles. The maximum Gasteiger partial charge on any atom is 0.181 e. The molecule has 0 N–H and O–H groups in total. The lowest BCUT2D eigenvalue weighted by molar-refractivity contribution is 1.12. The van der Waals surface area contributed by atoms with E-state index in [1.165, 1.54) is 62.2 Å². The Bertz CT molecular complexity index is 3390. The molecule has 0 bridgehead atoms. The summed E-state index contributed by atoms with van der Waals surface area (Å²) in [5, 5.41) is 13.2. The summed E-state index contributed by atoms with van der Waals surface area (Å²) in [6.07, 6.45) is 3.83. The third kappa shape index (κ3) is 5.87. The van der Waals surface area contributed by atoms with Crippen LogP contribution in [0.2, 0.25) is 0 Å². The van der Waals surface area contributed by atoms with Gasteiger partial charge in [0, 0.05) is 44.2 Å². The predicted molar refractivity (Wildman–Crippen MR) is 273 cm³/mol. The summed E-state index contributed by atoms with van der Waals surface area (Å²) < 4.78 is 2.47. The molecule has 0 radical (unpaired) electrons. The fraction of sp³-hybridized carbons (Fsp3) is 0. The van der Waals surface area contributed by atoms with Crippen LogP contribution in [0.5, 0.6) is 0 Å². The molecule has 0 fully saturated rings. The fourth-order valence-electron chi connectivity index (χ4n) is 10.5. The van der Waals surface area contributed by atoms with Crippen LogP contribution in [-0.2, 0) is 0 Å². The lowest BCUT2D eigenvalue weighted by Crippen LogP contribution is -2.76. The second-order valence-electron chi connectivity index (χ2n) is 16.5. The van der Waals surface area contributed by atoms with Crippen LogP contribution in [-0.4, -0.2) is 30.7 Å². The SMILES string of the molecule is c1ccc([Si](c2ccccc2)(c2cccc(-c3ccccn3)c2)c2cccc(-n3c4ncccc4c4ccc5c(c43)Sc3ccccc3[Si]5(c3ccccc3)c3ccccc3)c2)cc1. The quantitative estimate of drug-likeness (QED) is 0.114. The van der Waals surface area contributed by atoms with Crippen LogP contribution < -0.4 is 41.5 Å². The van der Waals surface area contributed by atoms with E-state index >= 15 is 0 Å². The molecular formula is C58H41N3SSi2. The number of benzene rings is 8. The number of pyridine rings is 2. The maximum atomic E-state index is 5.22. The van der Waals surface area contributed by atoms with Crippen molar-refractivity contribution >= 4 is 91.3 Å². The molecule has 302 valence electrons. The first kappa shape index (κ1) is 38.3. The van der Waals surface area contributed by atoms with Crippen molar-refractivity contribution in [3.8, 4) is 16.9 Å². The van der Waals surface area contributed by atoms with Crippen LogP contribution in [0.3, 0.4) is 0 Å². The van der Waals surface area contributed by atoms with Gasteiger partial charge in [0.25, 0.3) is 0 Å². The summed E-state index contributed by atoms with van der Waals surface area (Å²) in [6, 6.07) is 88.0. The van der Waals surface area contributed by atoms with Gasteiger partial charge in [-0.3, -0.25) is 9.55 Å². The number of rotatable bonds is 8. The first-order chi connectivity index (χ1) is 31.8. The summed E-state index contributed by atoms with van der Waals surface area (Å²) in [7, 11) is -5.82. The van der Waals surface area contributed by atoms with Gasteiger partial charge in [-0.2, -0.15) is 0 Å². The Balaban J connectivity index is 1.18. The minimum Gasteiger partial charge on any atom is -0.293 e. The molecule has 1 aliphatic rings. The first-order valence-electron chi connectivity index (χ1n) is 21.8. The van der Waals surface area contributed by atoms with Crippen molar-refractivity contribution in [1.29, 1.82) is 0 Å². The van der Waals surface area contributed by atoms with Gasteiger partial charge in [0.15, 0.2) is 16.1 Å². The van der Waals surface area contributed by atoms with Crippen molar-refractivity contribution < 1.29 is 0 Å². The fourth-order valence-corrected chi connectivity index (χ4v) is 22.4. The van der Waals surface area contributed by atoms with Crippen molar-refractivity contribution in [3.05, 3.63) is 249 Å². The molecule has 0 spiro atoms. The van der Waals surface area contributed by atoms with E-state index in [4.69, 9.17) is 9.97 Å². The van der Waals surface area contributed by atoms with Crippen molar-refractivity contribution in [2.75, 3.05) is 0 Å². The van der Waals surface area contributed by atoms with Gasteiger partial charge in [-0.05, 0) is 84.0 Å². The second-order valence-corrected chi connectivity index (χ2v) is 25.1. The molecule has 0 saturated heterocycles. The number of hydrogen-bond donors (Lipinski definition) is 0. The molecule has 4 heterocycles. The average Bonchev–Trinajstić information content (AvgIpc) is 3.72. The molecule has 8 aromatic carbocycles. The lowest BCUT2D eigenvalue weighted by Gasteiger charge is -2.40. The highest BCUT2D eigenvalue weighted by Gasteiger charge is 2.48. The van der Waals surface area contributed by atoms with E-state index in [1.54, 1.807) is 0 Å². The van der Waals surface area contributed by atoms with Gasteiger partial charge in [0.05, 0.1) is 11.2 Å². The smallest absolute Gasteiger partial charge is 0.181 e. The van der Waals surface area contributed by atoms with Gasteiger partial charge in [-0.25, -0.2) is 4.98 Å². The molecule has 3 nitrogen and oxygen atoms in total. The van der Waals surface area contributed by atoms with Gasteiger partial charge < -0.3 is 0 Å². The van der Waals surface area contributed by atoms with Crippen LogP contribution in [0.15, 0.2) is 259 Å². The highest BCUT2D eigenvalue weighted by Crippen LogP contribution is 2.42. The van der Waals surface area contributed by atoms with Crippen molar-refractivity contribution in [2.45, 2.75) is 9.79 Å². The van der Waals surface area contributed by atoms with Gasteiger partial charge in [-0.15, -0.1) is 0 Å². The Kier molecular flexibility index (Phi) is 9.44. The average molecular weight is 868 g/mol. The number of nitrogens with zero attached hydrogens (tertiary/aromatic N) is 3. The summed E-state index contributed by atoms with van der Waals surface area (Å²) in [6.45, 7) is 0. The lowest BCUT2D eigenvalue weighted by atomic mass is 10.1. The predicted octanol–water partition coefficient (Wildman–Crippen LogP) is 8.46. The zero-order valence-corrected chi connectivity index (χ0v) is 37.7. The molecule has 6 heteroatoms. The Labute approximate surface area is 379 Å². The zero-order chi connectivity index (χ0) is 42.5. The van der Waals surface area contributed by atoms with E-state index in [-0.39, 0.29) is 0 Å². The summed E-state index contributed by atoms with van der Waals surface area (Å²) >= 11 is 1.92. The zero-order valence-electron chi connectivity index (χ0n) is 34.9. The molecule has 0 atom stereocenters. The first-order valence-corrected chi connectivity index (χ1v) is 26.6. The topological polar surface area (TPSA) is 30.7 Å². The van der Waals surface area contributed by atoms with Crippen LogP contribution in [0.25, 0.3) is 38.9 Å². The van der Waals surface area contributed by atoms with E-state index in [2.05, 4.69) is 235 Å². The van der Waals surface area contributed by atoms with E-state index in [0.29, 0.717) is 0 Å². The van der Waals surface area contributed by atoms with Gasteiger partial charge >= 0.3 is 0 Å². The van der Waals surface area contributed by atoms with E-state index < -0.39 is 16.1 Å². The molecule has 0 amide bonds. The normalized spacial score (nSPS) is 13.1. The van der Waals surface area contributed by atoms with E-state index in [9.17, 15) is 0 Å². The minimum absolute atomic E-state index is 0.957. The number of aromatic nitrogens is 3. The Morgan fingerprint density at radius 3 is 1.70 bits per heavy atom. The van der Waals surface area contributed by atoms with Crippen molar-refractivity contribution in [1.82, 2.24) is 14.5 Å². The molecule has 0 unspecified atom stereocenters. The van der Waals surface area contributed by atoms with Gasteiger partial charge in [0.1, 0.15) is 5.65 Å². The Morgan fingerprint density at radius 1 is 0.422 bits per heavy atom. The van der Waals surface area contributed by atoms with Gasteiger partial charge in [-0.1, -0.05) is 206 Å². The standard InChI is InChI=1S/C58H41N3SSi2/c1-5-22-44(23-6-1)63(45-24-7-2-8-25-45,48-30-17-20-42(40-48)52-33-15-16-38-59-52)49-31-18-21-43(41-49)61-56-50(51-32-19-39-60-58(51)61)36-37-55-57(56)62-53-34-13-14-35-54(53)64(55,46-26-9-3-10-27-46)47-28-11-4-12-29-47/h1-41H. The van der Waals surface area contributed by atoms with E-state index in [1.807, 2.05) is 30.2 Å². The Hall–Kier alpha value is -7.36. The summed E-state index contributed by atoms with van der Waals surface area (Å²) in [4.78, 5) is 12.6. The van der Waals surface area contributed by atoms with Crippen molar-refractivity contribution in [3.63, 3.8) is 0 Å². The van der Waals surface area contributed by atoms with Crippen LogP contribution >= 0.6 is 11.8 Å². The maximum absolute atomic E-state index is 5.22. The highest BCUT2D eigenvalue weighted by molar-refractivity contribution is 8.00. The summed E-state index contributed by atoms with van der Waals surface area (Å²) in [5.41, 5.74) is 5.33. The molecule has 0 aliphatic carbocycles. The van der Waals surface area contributed by atoms with Gasteiger partial charge in [0.2, 0.25) is 0 Å². The Morgan fingerprint density at radius 2 is 1.02 bits per heavy atom. The van der Waals surface area contributed by atoms with Crippen LogP contribution in [0.1, 0.15) is 0 Å². The molecule has 64 heavy (non-hydrogen) atoms. The molecule has 12 rings (SSSR count). The van der Waals surface area contributed by atoms with Crippen LogP contribution in [0.4, 0.5) is 0 Å². The van der Waals surface area contributed by atoms with E-state index in [0.717, 1.165) is 28.0 Å². The molecule has 3 aromatic heterocycles. The largest absolute Gasteiger partial charge is 0.293 e. The molecular weight excluding hydrogens is 827 g/mol. The minimum atomic E-state index is -2.99. The third-order valence-electron chi connectivity index (χ3n) is 13.2.